The number of carbonyl (C=O) groups is 2. The highest BCUT2D eigenvalue weighted by molar-refractivity contribution is 7.99. The van der Waals surface area contributed by atoms with E-state index in [1.54, 1.807) is 16.5 Å². The minimum Gasteiger partial charge on any atom is -0.478 e. The maximum atomic E-state index is 9.55. The standard InChI is InChI=1S/C19H26N2S.C4H4O4/c1-4-8-22-19-15-10-17-14(9-12(2)11-21(17)3)13-6-5-7-16(20-19)18(13)15;5-3(6)1-2-4(7)8/h5-7,12,14,17,20H,4,8-11H2,1-3H3;1-2H,(H,5,6)(H,7,8)/b;2-1-/t12-,14?,17-;/m1./s1. The van der Waals surface area contributed by atoms with Gasteiger partial charge in [-0.05, 0) is 55.2 Å². The molecule has 0 saturated carbocycles. The van der Waals surface area contributed by atoms with Crippen LogP contribution in [-0.4, -0.2) is 57.4 Å². The van der Waals surface area contributed by atoms with Crippen LogP contribution in [0.4, 0.5) is 0 Å². The van der Waals surface area contributed by atoms with Gasteiger partial charge in [0.2, 0.25) is 0 Å². The number of carboxylic acid groups (broad SMARTS) is 2. The van der Waals surface area contributed by atoms with Gasteiger partial charge in [-0.3, -0.25) is 0 Å². The van der Waals surface area contributed by atoms with E-state index in [1.807, 2.05) is 11.8 Å². The van der Waals surface area contributed by atoms with Crippen molar-refractivity contribution in [2.24, 2.45) is 5.92 Å². The number of carboxylic acids is 2. The molecule has 2 heterocycles. The van der Waals surface area contributed by atoms with Gasteiger partial charge in [0, 0.05) is 41.6 Å². The van der Waals surface area contributed by atoms with E-state index >= 15 is 0 Å². The lowest BCUT2D eigenvalue weighted by Crippen LogP contribution is -2.47. The average Bonchev–Trinajstić information content (AvgIpc) is 3.05. The van der Waals surface area contributed by atoms with E-state index in [0.717, 1.165) is 5.92 Å². The first-order chi connectivity index (χ1) is 14.3. The van der Waals surface area contributed by atoms with Gasteiger partial charge in [0.15, 0.2) is 0 Å². The summed E-state index contributed by atoms with van der Waals surface area (Å²) in [5.41, 5.74) is 4.54. The highest BCUT2D eigenvalue weighted by Gasteiger charge is 2.39. The number of nitrogens with one attached hydrogen (secondary N) is 1. The Kier molecular flexibility index (Phi) is 7.26. The molecule has 1 aromatic heterocycles. The molecule has 1 unspecified atom stereocenters. The Morgan fingerprint density at radius 2 is 1.97 bits per heavy atom. The largest absolute Gasteiger partial charge is 0.478 e. The highest BCUT2D eigenvalue weighted by atomic mass is 32.2. The molecule has 1 aliphatic carbocycles. The molecule has 2 aliphatic rings. The Labute approximate surface area is 181 Å². The summed E-state index contributed by atoms with van der Waals surface area (Å²) in [6, 6.07) is 7.57. The molecule has 1 fully saturated rings. The van der Waals surface area contributed by atoms with Gasteiger partial charge in [-0.2, -0.15) is 0 Å². The van der Waals surface area contributed by atoms with E-state index < -0.39 is 11.9 Å². The van der Waals surface area contributed by atoms with Crippen LogP contribution in [-0.2, 0) is 16.0 Å². The zero-order chi connectivity index (χ0) is 21.8. The van der Waals surface area contributed by atoms with Gasteiger partial charge in [0.25, 0.3) is 0 Å². The van der Waals surface area contributed by atoms with E-state index in [4.69, 9.17) is 10.2 Å². The van der Waals surface area contributed by atoms with Gasteiger partial charge in [-0.15, -0.1) is 11.8 Å². The number of aromatic nitrogens is 1. The minimum atomic E-state index is -1.26. The lowest BCUT2D eigenvalue weighted by molar-refractivity contribution is -0.134. The van der Waals surface area contributed by atoms with Crippen LogP contribution in [0.15, 0.2) is 35.4 Å². The quantitative estimate of drug-likeness (QED) is 0.482. The van der Waals surface area contributed by atoms with Crippen LogP contribution < -0.4 is 0 Å². The number of aromatic amines is 1. The highest BCUT2D eigenvalue weighted by Crippen LogP contribution is 2.46. The Balaban J connectivity index is 0.000000275. The number of aliphatic carboxylic acids is 2. The van der Waals surface area contributed by atoms with Crippen molar-refractivity contribution in [3.8, 4) is 0 Å². The summed E-state index contributed by atoms with van der Waals surface area (Å²) in [5.74, 6) is 0.205. The number of hydrogen-bond acceptors (Lipinski definition) is 4. The van der Waals surface area contributed by atoms with Crippen molar-refractivity contribution in [1.29, 1.82) is 0 Å². The van der Waals surface area contributed by atoms with Gasteiger partial charge in [-0.1, -0.05) is 26.0 Å². The molecule has 0 bridgehead atoms. The average molecular weight is 431 g/mol. The first-order valence-corrected chi connectivity index (χ1v) is 11.4. The lowest BCUT2D eigenvalue weighted by atomic mass is 9.73. The zero-order valence-electron chi connectivity index (χ0n) is 17.7. The molecular weight excluding hydrogens is 400 g/mol. The molecule has 1 saturated heterocycles. The monoisotopic (exact) mass is 430 g/mol. The Bertz CT molecular complexity index is 936. The maximum Gasteiger partial charge on any atom is 0.328 e. The van der Waals surface area contributed by atoms with Crippen molar-refractivity contribution in [3.63, 3.8) is 0 Å². The molecule has 30 heavy (non-hydrogen) atoms. The van der Waals surface area contributed by atoms with E-state index in [9.17, 15) is 9.59 Å². The maximum absolute atomic E-state index is 9.55. The molecule has 4 rings (SSSR count). The fourth-order valence-corrected chi connectivity index (χ4v) is 5.69. The van der Waals surface area contributed by atoms with Gasteiger partial charge in [0.05, 0.1) is 5.03 Å². The molecule has 6 nitrogen and oxygen atoms in total. The minimum absolute atomic E-state index is 0.558. The van der Waals surface area contributed by atoms with Crippen LogP contribution >= 0.6 is 11.8 Å². The van der Waals surface area contributed by atoms with E-state index in [-0.39, 0.29) is 0 Å². The molecule has 7 heteroatoms. The third kappa shape index (κ3) is 4.90. The fraction of sp³-hybridized carbons (Fsp3) is 0.478. The molecule has 2 aromatic rings. The van der Waals surface area contributed by atoms with Crippen LogP contribution in [0.5, 0.6) is 0 Å². The third-order valence-corrected chi connectivity index (χ3v) is 7.09. The molecule has 3 N–H and O–H groups in total. The molecule has 0 amide bonds. The van der Waals surface area contributed by atoms with Crippen LogP contribution in [0, 0.1) is 5.92 Å². The summed E-state index contributed by atoms with van der Waals surface area (Å²) in [5, 5.41) is 18.6. The second kappa shape index (κ2) is 9.71. The Hall–Kier alpha value is -2.25. The lowest BCUT2D eigenvalue weighted by Gasteiger charge is -2.45. The molecule has 1 aromatic carbocycles. The van der Waals surface area contributed by atoms with Gasteiger partial charge >= 0.3 is 11.9 Å². The second-order valence-electron chi connectivity index (χ2n) is 8.22. The van der Waals surface area contributed by atoms with Crippen molar-refractivity contribution in [2.45, 2.75) is 50.1 Å². The SMILES string of the molecule is CCCSc1[nH]c2cccc3c2c1C[C@@H]1C3C[C@@H](C)CN1C.O=C(O)/C=C\C(=O)O. The van der Waals surface area contributed by atoms with Gasteiger partial charge in [0.1, 0.15) is 0 Å². The smallest absolute Gasteiger partial charge is 0.328 e. The predicted molar refractivity (Wildman–Crippen MR) is 120 cm³/mol. The van der Waals surface area contributed by atoms with E-state index in [1.165, 1.54) is 42.1 Å². The molecule has 162 valence electrons. The van der Waals surface area contributed by atoms with Crippen LogP contribution in [0.1, 0.15) is 43.7 Å². The van der Waals surface area contributed by atoms with E-state index in [2.05, 4.69) is 49.0 Å². The predicted octanol–water partition coefficient (Wildman–Crippen LogP) is 4.36. The van der Waals surface area contributed by atoms with Crippen molar-refractivity contribution >= 4 is 34.6 Å². The number of H-pyrrole nitrogens is 1. The Morgan fingerprint density at radius 3 is 2.60 bits per heavy atom. The van der Waals surface area contributed by atoms with Crippen molar-refractivity contribution < 1.29 is 19.8 Å². The summed E-state index contributed by atoms with van der Waals surface area (Å²) < 4.78 is 0. The number of fused-ring (bicyclic) bond motifs is 2. The Morgan fingerprint density at radius 1 is 1.27 bits per heavy atom. The fourth-order valence-electron chi connectivity index (χ4n) is 4.74. The van der Waals surface area contributed by atoms with Gasteiger partial charge < -0.3 is 20.1 Å². The normalized spacial score (nSPS) is 23.1. The molecular formula is C23H30N2O4S. The third-order valence-electron chi connectivity index (χ3n) is 5.84. The number of hydrogen-bond donors (Lipinski definition) is 3. The number of piperidine rings is 1. The topological polar surface area (TPSA) is 93.6 Å². The summed E-state index contributed by atoms with van der Waals surface area (Å²) in [7, 11) is 2.32. The number of nitrogens with zero attached hydrogens (tertiary/aromatic N) is 1. The van der Waals surface area contributed by atoms with Crippen LogP contribution in [0.25, 0.3) is 10.9 Å². The molecule has 0 radical (unpaired) electrons. The second-order valence-corrected chi connectivity index (χ2v) is 9.32. The zero-order valence-corrected chi connectivity index (χ0v) is 18.5. The van der Waals surface area contributed by atoms with Gasteiger partial charge in [-0.25, -0.2) is 9.59 Å². The number of likely N-dealkylation sites (N-methyl/N-ethyl adjacent to an activating group) is 1. The van der Waals surface area contributed by atoms with Crippen molar-refractivity contribution in [1.82, 2.24) is 9.88 Å². The van der Waals surface area contributed by atoms with Crippen molar-refractivity contribution in [2.75, 3.05) is 19.3 Å². The number of rotatable bonds is 5. The van der Waals surface area contributed by atoms with Crippen molar-refractivity contribution in [3.05, 3.63) is 41.5 Å². The first-order valence-electron chi connectivity index (χ1n) is 10.4. The summed E-state index contributed by atoms with van der Waals surface area (Å²) in [6.45, 7) is 5.91. The number of thioether (sulfide) groups is 1. The van der Waals surface area contributed by atoms with Crippen LogP contribution in [0.3, 0.4) is 0 Å². The number of benzene rings is 1. The summed E-state index contributed by atoms with van der Waals surface area (Å²) in [6.07, 6.45) is 4.91. The van der Waals surface area contributed by atoms with E-state index in [0.29, 0.717) is 24.1 Å². The molecule has 3 atom stereocenters. The molecule has 1 aliphatic heterocycles. The number of likely N-dealkylation sites (tertiary alicyclic amines) is 1. The first kappa shape index (κ1) is 22.4. The summed E-state index contributed by atoms with van der Waals surface area (Å²) in [4.78, 5) is 25.4. The van der Waals surface area contributed by atoms with Crippen LogP contribution in [0.2, 0.25) is 0 Å². The molecule has 0 spiro atoms. The summed E-state index contributed by atoms with van der Waals surface area (Å²) >= 11 is 2.01.